The smallest absolute Gasteiger partial charge is 0.221 e. The first kappa shape index (κ1) is 15.1. The number of aromatic nitrogens is 2. The van der Waals surface area contributed by atoms with Crippen LogP contribution in [-0.2, 0) is 12.8 Å². The lowest BCUT2D eigenvalue weighted by atomic mass is 10.1. The largest absolute Gasteiger partial charge is 0.490 e. The van der Waals surface area contributed by atoms with Crippen LogP contribution in [-0.4, -0.2) is 16.8 Å². The zero-order chi connectivity index (χ0) is 16.1. The average molecular weight is 316 g/mol. The van der Waals surface area contributed by atoms with Gasteiger partial charge in [0.2, 0.25) is 11.8 Å². The molecular weight excluding hydrogens is 302 g/mol. The van der Waals surface area contributed by atoms with Crippen LogP contribution in [0.25, 0.3) is 0 Å². The zero-order valence-electron chi connectivity index (χ0n) is 12.2. The molecule has 2 aromatic carbocycles. The number of nitrogens with zero attached hydrogens (tertiary/aromatic N) is 2. The molecule has 0 saturated carbocycles. The minimum absolute atomic E-state index is 0.179. The Morgan fingerprint density at radius 3 is 2.35 bits per heavy atom. The summed E-state index contributed by atoms with van der Waals surface area (Å²) >= 11 is 0. The second-order valence-electron chi connectivity index (χ2n) is 4.89. The molecule has 0 aliphatic heterocycles. The van der Waals surface area contributed by atoms with Gasteiger partial charge in [-0.25, -0.2) is 8.78 Å². The fourth-order valence-corrected chi connectivity index (χ4v) is 2.08. The van der Waals surface area contributed by atoms with Crippen LogP contribution >= 0.6 is 0 Å². The number of hydrogen-bond donors (Lipinski definition) is 0. The van der Waals surface area contributed by atoms with Crippen LogP contribution in [0.5, 0.6) is 5.75 Å². The van der Waals surface area contributed by atoms with Crippen molar-refractivity contribution in [3.8, 4) is 5.75 Å². The molecule has 0 fully saturated rings. The molecule has 0 aliphatic carbocycles. The molecule has 6 heteroatoms. The first-order chi connectivity index (χ1) is 11.2. The monoisotopic (exact) mass is 316 g/mol. The van der Waals surface area contributed by atoms with Crippen LogP contribution in [0.4, 0.5) is 8.78 Å². The quantitative estimate of drug-likeness (QED) is 0.697. The zero-order valence-corrected chi connectivity index (χ0v) is 12.2. The molecule has 0 amide bonds. The number of halogens is 2. The molecule has 3 aromatic rings. The number of rotatable bonds is 6. The fraction of sp³-hybridized carbons (Fsp3) is 0.176. The van der Waals surface area contributed by atoms with Gasteiger partial charge in [0.05, 0.1) is 19.4 Å². The highest BCUT2D eigenvalue weighted by molar-refractivity contribution is 5.23. The van der Waals surface area contributed by atoms with Crippen molar-refractivity contribution in [1.29, 1.82) is 0 Å². The second-order valence-corrected chi connectivity index (χ2v) is 4.89. The maximum atomic E-state index is 13.6. The third-order valence-corrected chi connectivity index (χ3v) is 3.22. The second kappa shape index (κ2) is 7.00. The Morgan fingerprint density at radius 2 is 1.57 bits per heavy atom. The van der Waals surface area contributed by atoms with Gasteiger partial charge in [0.25, 0.3) is 0 Å². The van der Waals surface area contributed by atoms with Crippen molar-refractivity contribution in [3.63, 3.8) is 0 Å². The molecule has 4 nitrogen and oxygen atoms in total. The maximum Gasteiger partial charge on any atom is 0.221 e. The summed E-state index contributed by atoms with van der Waals surface area (Å²) < 4.78 is 37.7. The molecule has 1 aromatic heterocycles. The topological polar surface area (TPSA) is 48.2 Å². The first-order valence-corrected chi connectivity index (χ1v) is 7.14. The van der Waals surface area contributed by atoms with Crippen molar-refractivity contribution in [2.24, 2.45) is 0 Å². The molecule has 23 heavy (non-hydrogen) atoms. The van der Waals surface area contributed by atoms with Crippen molar-refractivity contribution >= 4 is 0 Å². The van der Waals surface area contributed by atoms with E-state index < -0.39 is 5.82 Å². The highest BCUT2D eigenvalue weighted by atomic mass is 19.1. The third-order valence-electron chi connectivity index (χ3n) is 3.22. The molecular formula is C17H14F2N2O2. The van der Waals surface area contributed by atoms with Gasteiger partial charge in [0, 0.05) is 0 Å². The third kappa shape index (κ3) is 3.91. The number of benzene rings is 2. The summed E-state index contributed by atoms with van der Waals surface area (Å²) in [5.41, 5.74) is 0.491. The predicted molar refractivity (Wildman–Crippen MR) is 79.1 cm³/mol. The molecule has 3 rings (SSSR count). The minimum Gasteiger partial charge on any atom is -0.490 e. The molecule has 0 unspecified atom stereocenters. The van der Waals surface area contributed by atoms with E-state index in [2.05, 4.69) is 10.2 Å². The van der Waals surface area contributed by atoms with E-state index >= 15 is 0 Å². The van der Waals surface area contributed by atoms with Crippen LogP contribution in [0, 0.1) is 11.6 Å². The Hall–Kier alpha value is -2.76. The van der Waals surface area contributed by atoms with Gasteiger partial charge in [-0.1, -0.05) is 30.3 Å². The van der Waals surface area contributed by atoms with Crippen LogP contribution < -0.4 is 4.74 Å². The Balaban J connectivity index is 1.55. The van der Waals surface area contributed by atoms with E-state index in [4.69, 9.17) is 9.15 Å². The van der Waals surface area contributed by atoms with Crippen LogP contribution in [0.1, 0.15) is 17.3 Å². The van der Waals surface area contributed by atoms with Gasteiger partial charge in [-0.3, -0.25) is 0 Å². The predicted octanol–water partition coefficient (Wildman–Crippen LogP) is 3.56. The first-order valence-electron chi connectivity index (χ1n) is 7.14. The van der Waals surface area contributed by atoms with E-state index in [-0.39, 0.29) is 24.6 Å². The van der Waals surface area contributed by atoms with Crippen molar-refractivity contribution in [2.75, 3.05) is 6.61 Å². The summed E-state index contributed by atoms with van der Waals surface area (Å²) in [4.78, 5) is 0. The van der Waals surface area contributed by atoms with Gasteiger partial charge in [-0.05, 0) is 23.8 Å². The van der Waals surface area contributed by atoms with Crippen LogP contribution in [0.3, 0.4) is 0 Å². The molecule has 0 radical (unpaired) electrons. The summed E-state index contributed by atoms with van der Waals surface area (Å²) in [5.74, 6) is 0.149. The molecule has 0 spiro atoms. The van der Waals surface area contributed by atoms with E-state index in [0.29, 0.717) is 23.8 Å². The molecule has 118 valence electrons. The van der Waals surface area contributed by atoms with Gasteiger partial charge < -0.3 is 9.15 Å². The Labute approximate surface area is 131 Å². The summed E-state index contributed by atoms with van der Waals surface area (Å²) in [7, 11) is 0. The summed E-state index contributed by atoms with van der Waals surface area (Å²) in [6.07, 6.45) is 0.576. The van der Waals surface area contributed by atoms with E-state index in [9.17, 15) is 8.78 Å². The molecule has 0 saturated heterocycles. The van der Waals surface area contributed by atoms with Crippen molar-refractivity contribution in [1.82, 2.24) is 10.2 Å². The van der Waals surface area contributed by atoms with E-state index in [1.807, 2.05) is 0 Å². The van der Waals surface area contributed by atoms with Gasteiger partial charge in [-0.2, -0.15) is 0 Å². The van der Waals surface area contributed by atoms with Crippen molar-refractivity contribution in [2.45, 2.75) is 12.8 Å². The van der Waals surface area contributed by atoms with Crippen LogP contribution in [0.2, 0.25) is 0 Å². The van der Waals surface area contributed by atoms with E-state index in [1.54, 1.807) is 36.4 Å². The minimum atomic E-state index is -0.418. The summed E-state index contributed by atoms with van der Waals surface area (Å²) in [6.45, 7) is 0.211. The number of ether oxygens (including phenoxy) is 1. The Bertz CT molecular complexity index is 790. The highest BCUT2D eigenvalue weighted by Crippen LogP contribution is 2.16. The molecule has 0 aliphatic rings. The summed E-state index contributed by atoms with van der Waals surface area (Å²) in [5, 5.41) is 7.77. The Morgan fingerprint density at radius 1 is 0.870 bits per heavy atom. The molecule has 0 atom stereocenters. The number of para-hydroxylation sites is 1. The fourth-order valence-electron chi connectivity index (χ4n) is 2.08. The molecule has 0 bridgehead atoms. The lowest BCUT2D eigenvalue weighted by Crippen LogP contribution is -2.02. The van der Waals surface area contributed by atoms with E-state index in [0.717, 1.165) is 0 Å². The average Bonchev–Trinajstić information content (AvgIpc) is 2.99. The highest BCUT2D eigenvalue weighted by Gasteiger charge is 2.10. The normalized spacial score (nSPS) is 10.7. The van der Waals surface area contributed by atoms with Gasteiger partial charge in [0.1, 0.15) is 5.82 Å². The number of hydrogen-bond acceptors (Lipinski definition) is 4. The lowest BCUT2D eigenvalue weighted by molar-refractivity contribution is 0.290. The van der Waals surface area contributed by atoms with Crippen LogP contribution in [0.15, 0.2) is 52.9 Å². The van der Waals surface area contributed by atoms with Crippen molar-refractivity contribution in [3.05, 3.63) is 77.5 Å². The van der Waals surface area contributed by atoms with Crippen molar-refractivity contribution < 1.29 is 17.9 Å². The van der Waals surface area contributed by atoms with Gasteiger partial charge >= 0.3 is 0 Å². The lowest BCUT2D eigenvalue weighted by Gasteiger charge is -2.04. The maximum absolute atomic E-state index is 13.6. The van der Waals surface area contributed by atoms with E-state index in [1.165, 1.54) is 12.1 Å². The molecule has 1 heterocycles. The Kier molecular flexibility index (Phi) is 4.61. The van der Waals surface area contributed by atoms with Gasteiger partial charge in [0.15, 0.2) is 11.6 Å². The SMILES string of the molecule is Fc1ccccc1Cc1nnc(CCOc2ccccc2F)o1. The molecule has 0 N–H and O–H groups in total. The summed E-state index contributed by atoms with van der Waals surface area (Å²) in [6, 6.07) is 12.6. The van der Waals surface area contributed by atoms with Gasteiger partial charge in [-0.15, -0.1) is 10.2 Å². The standard InChI is InChI=1S/C17H14F2N2O2/c18-13-6-2-1-5-12(13)11-17-21-20-16(23-17)9-10-22-15-8-4-3-7-14(15)19/h1-8H,9-11H2.